The fourth-order valence-electron chi connectivity index (χ4n) is 2.44. The molecule has 0 radical (unpaired) electrons. The van der Waals surface area contributed by atoms with E-state index in [1.54, 1.807) is 0 Å². The summed E-state index contributed by atoms with van der Waals surface area (Å²) < 4.78 is 0. The summed E-state index contributed by atoms with van der Waals surface area (Å²) in [5.74, 6) is -0.144. The Morgan fingerprint density at radius 1 is 1.24 bits per heavy atom. The maximum atomic E-state index is 12.2. The molecule has 114 valence electrons. The number of anilines is 1. The second-order valence-corrected chi connectivity index (χ2v) is 5.23. The summed E-state index contributed by atoms with van der Waals surface area (Å²) in [7, 11) is 0. The zero-order valence-corrected chi connectivity index (χ0v) is 12.5. The van der Waals surface area contributed by atoms with Crippen LogP contribution in [0.5, 0.6) is 0 Å². The Labute approximate surface area is 125 Å². The van der Waals surface area contributed by atoms with Crippen LogP contribution >= 0.6 is 0 Å². The first-order chi connectivity index (χ1) is 10.2. The molecule has 2 amide bonds. The van der Waals surface area contributed by atoms with Gasteiger partial charge in [0, 0.05) is 26.1 Å². The maximum absolute atomic E-state index is 12.2. The second-order valence-electron chi connectivity index (χ2n) is 5.23. The number of aryl methyl sites for hydroxylation is 1. The Hall–Kier alpha value is -2.04. The number of benzene rings is 1. The van der Waals surface area contributed by atoms with E-state index in [2.05, 4.69) is 22.0 Å². The van der Waals surface area contributed by atoms with E-state index in [9.17, 15) is 9.59 Å². The van der Waals surface area contributed by atoms with E-state index < -0.39 is 0 Å². The van der Waals surface area contributed by atoms with Gasteiger partial charge < -0.3 is 16.0 Å². The molecule has 0 aromatic heterocycles. The number of para-hydroxylation sites is 1. The van der Waals surface area contributed by atoms with Crippen molar-refractivity contribution in [3.63, 3.8) is 0 Å². The summed E-state index contributed by atoms with van der Waals surface area (Å²) in [6.45, 7) is 3.95. The van der Waals surface area contributed by atoms with Crippen LogP contribution in [0, 0.1) is 0 Å². The van der Waals surface area contributed by atoms with Crippen molar-refractivity contribution in [1.82, 2.24) is 10.6 Å². The van der Waals surface area contributed by atoms with Crippen molar-refractivity contribution in [2.75, 3.05) is 25.0 Å². The summed E-state index contributed by atoms with van der Waals surface area (Å²) in [4.78, 5) is 23.7. The van der Waals surface area contributed by atoms with E-state index in [0.29, 0.717) is 25.1 Å². The predicted octanol–water partition coefficient (Wildman–Crippen LogP) is 1.69. The van der Waals surface area contributed by atoms with Gasteiger partial charge in [-0.15, -0.1) is 0 Å². The molecule has 1 aromatic carbocycles. The lowest BCUT2D eigenvalue weighted by Crippen LogP contribution is -2.31. The van der Waals surface area contributed by atoms with E-state index in [1.807, 2.05) is 19.1 Å². The van der Waals surface area contributed by atoms with Crippen LogP contribution in [0.2, 0.25) is 0 Å². The molecule has 5 nitrogen and oxygen atoms in total. The van der Waals surface area contributed by atoms with Crippen molar-refractivity contribution in [2.45, 2.75) is 32.6 Å². The minimum absolute atomic E-state index is 0.0228. The summed E-state index contributed by atoms with van der Waals surface area (Å²) in [5.41, 5.74) is 2.80. The van der Waals surface area contributed by atoms with Crippen molar-refractivity contribution in [3.05, 3.63) is 29.3 Å². The SMILES string of the molecule is CCCNC(=O)CCNC(=O)c1cccc2c1NCCC2. The molecule has 2 rings (SSSR count). The largest absolute Gasteiger partial charge is 0.384 e. The maximum Gasteiger partial charge on any atom is 0.253 e. The first kappa shape index (κ1) is 15.4. The Morgan fingerprint density at radius 3 is 2.90 bits per heavy atom. The van der Waals surface area contributed by atoms with E-state index >= 15 is 0 Å². The third kappa shape index (κ3) is 4.21. The molecule has 1 aromatic rings. The Bertz CT molecular complexity index is 514. The second kappa shape index (κ2) is 7.67. The zero-order chi connectivity index (χ0) is 15.1. The lowest BCUT2D eigenvalue weighted by Gasteiger charge is -2.20. The number of carbonyl (C=O) groups excluding carboxylic acids is 2. The van der Waals surface area contributed by atoms with Crippen molar-refractivity contribution in [2.24, 2.45) is 0 Å². The average molecular weight is 289 g/mol. The molecule has 1 heterocycles. The van der Waals surface area contributed by atoms with Gasteiger partial charge in [-0.2, -0.15) is 0 Å². The van der Waals surface area contributed by atoms with Crippen LogP contribution in [0.15, 0.2) is 18.2 Å². The fraction of sp³-hybridized carbons (Fsp3) is 0.500. The molecule has 0 unspecified atom stereocenters. The average Bonchev–Trinajstić information content (AvgIpc) is 2.52. The summed E-state index contributed by atoms with van der Waals surface area (Å²) in [6, 6.07) is 5.79. The predicted molar refractivity (Wildman–Crippen MR) is 83.5 cm³/mol. The minimum Gasteiger partial charge on any atom is -0.384 e. The molecule has 0 bridgehead atoms. The topological polar surface area (TPSA) is 70.2 Å². The van der Waals surface area contributed by atoms with Gasteiger partial charge in [0.05, 0.1) is 11.3 Å². The molecule has 0 fully saturated rings. The van der Waals surface area contributed by atoms with Gasteiger partial charge in [-0.3, -0.25) is 9.59 Å². The highest BCUT2D eigenvalue weighted by molar-refractivity contribution is 6.00. The minimum atomic E-state index is -0.121. The number of fused-ring (bicyclic) bond motifs is 1. The number of carbonyl (C=O) groups is 2. The molecule has 0 aliphatic carbocycles. The first-order valence-corrected chi connectivity index (χ1v) is 7.63. The fourth-order valence-corrected chi connectivity index (χ4v) is 2.44. The molecular weight excluding hydrogens is 266 g/mol. The summed E-state index contributed by atoms with van der Waals surface area (Å²) >= 11 is 0. The number of rotatable bonds is 6. The summed E-state index contributed by atoms with van der Waals surface area (Å²) in [6.07, 6.45) is 3.33. The molecule has 0 spiro atoms. The molecule has 0 atom stereocenters. The monoisotopic (exact) mass is 289 g/mol. The highest BCUT2D eigenvalue weighted by Crippen LogP contribution is 2.25. The molecule has 1 aliphatic rings. The van der Waals surface area contributed by atoms with Crippen LogP contribution in [0.4, 0.5) is 5.69 Å². The van der Waals surface area contributed by atoms with E-state index in [0.717, 1.165) is 31.5 Å². The van der Waals surface area contributed by atoms with Crippen LogP contribution in [0.1, 0.15) is 42.1 Å². The standard InChI is InChI=1S/C16H23N3O2/c1-2-9-17-14(20)8-11-19-16(21)13-7-3-5-12-6-4-10-18-15(12)13/h3,5,7,18H,2,4,6,8-11H2,1H3,(H,17,20)(H,19,21). The molecule has 21 heavy (non-hydrogen) atoms. The third-order valence-electron chi connectivity index (χ3n) is 3.53. The number of amides is 2. The number of nitrogens with one attached hydrogen (secondary N) is 3. The lowest BCUT2D eigenvalue weighted by molar-refractivity contribution is -0.120. The van der Waals surface area contributed by atoms with Crippen molar-refractivity contribution in [3.8, 4) is 0 Å². The summed E-state index contributed by atoms with van der Waals surface area (Å²) in [5, 5.41) is 8.91. The molecular formula is C16H23N3O2. The van der Waals surface area contributed by atoms with Crippen LogP contribution in [-0.2, 0) is 11.2 Å². The van der Waals surface area contributed by atoms with E-state index in [4.69, 9.17) is 0 Å². The number of hydrogen-bond donors (Lipinski definition) is 3. The van der Waals surface area contributed by atoms with Gasteiger partial charge in [-0.05, 0) is 30.9 Å². The van der Waals surface area contributed by atoms with Crippen LogP contribution in [0.3, 0.4) is 0 Å². The molecule has 0 saturated heterocycles. The van der Waals surface area contributed by atoms with Gasteiger partial charge in [0.2, 0.25) is 5.91 Å². The molecule has 5 heteroatoms. The lowest BCUT2D eigenvalue weighted by atomic mass is 9.99. The van der Waals surface area contributed by atoms with Crippen molar-refractivity contribution < 1.29 is 9.59 Å². The van der Waals surface area contributed by atoms with Crippen molar-refractivity contribution >= 4 is 17.5 Å². The molecule has 0 saturated carbocycles. The third-order valence-corrected chi connectivity index (χ3v) is 3.53. The smallest absolute Gasteiger partial charge is 0.253 e. The number of hydrogen-bond acceptors (Lipinski definition) is 3. The first-order valence-electron chi connectivity index (χ1n) is 7.63. The highest BCUT2D eigenvalue weighted by Gasteiger charge is 2.17. The normalized spacial score (nSPS) is 13.0. The van der Waals surface area contributed by atoms with E-state index in [-0.39, 0.29) is 11.8 Å². The van der Waals surface area contributed by atoms with Crippen LogP contribution in [-0.4, -0.2) is 31.4 Å². The quantitative estimate of drug-likeness (QED) is 0.746. The Morgan fingerprint density at radius 2 is 2.10 bits per heavy atom. The van der Waals surface area contributed by atoms with Crippen LogP contribution < -0.4 is 16.0 Å². The molecule has 1 aliphatic heterocycles. The Balaban J connectivity index is 1.88. The highest BCUT2D eigenvalue weighted by atomic mass is 16.2. The van der Waals surface area contributed by atoms with Gasteiger partial charge >= 0.3 is 0 Å². The van der Waals surface area contributed by atoms with E-state index in [1.165, 1.54) is 5.56 Å². The van der Waals surface area contributed by atoms with Crippen LogP contribution in [0.25, 0.3) is 0 Å². The molecule has 3 N–H and O–H groups in total. The zero-order valence-electron chi connectivity index (χ0n) is 12.5. The van der Waals surface area contributed by atoms with Gasteiger partial charge in [0.15, 0.2) is 0 Å². The van der Waals surface area contributed by atoms with Gasteiger partial charge in [0.25, 0.3) is 5.91 Å². The van der Waals surface area contributed by atoms with Gasteiger partial charge in [0.1, 0.15) is 0 Å². The van der Waals surface area contributed by atoms with Crippen molar-refractivity contribution in [1.29, 1.82) is 0 Å². The van der Waals surface area contributed by atoms with Gasteiger partial charge in [-0.25, -0.2) is 0 Å². The van der Waals surface area contributed by atoms with Gasteiger partial charge in [-0.1, -0.05) is 19.1 Å². The Kier molecular flexibility index (Phi) is 5.60.